The summed E-state index contributed by atoms with van der Waals surface area (Å²) in [5.74, 6) is -3.31. The van der Waals surface area contributed by atoms with Crippen LogP contribution in [0.5, 0.6) is 0 Å². The number of amides is 3. The van der Waals surface area contributed by atoms with Crippen molar-refractivity contribution in [2.75, 3.05) is 18.8 Å². The fourth-order valence-corrected chi connectivity index (χ4v) is 8.72. The van der Waals surface area contributed by atoms with E-state index < -0.39 is 69.4 Å². The average molecular weight is 633 g/mol. The van der Waals surface area contributed by atoms with Gasteiger partial charge in [0.15, 0.2) is 0 Å². The number of allylic oxidation sites excluding steroid dienone is 1. The van der Waals surface area contributed by atoms with Crippen LogP contribution in [-0.2, 0) is 42.2 Å². The summed E-state index contributed by atoms with van der Waals surface area (Å²) in [4.78, 5) is 56.0. The number of rotatable bonds is 3. The van der Waals surface area contributed by atoms with Gasteiger partial charge in [-0.15, -0.1) is 0 Å². The zero-order chi connectivity index (χ0) is 31.2. The van der Waals surface area contributed by atoms with Crippen LogP contribution in [0.3, 0.4) is 0 Å². The van der Waals surface area contributed by atoms with Gasteiger partial charge in [-0.3, -0.25) is 14.5 Å². The second-order valence-electron chi connectivity index (χ2n) is 12.4. The quantitative estimate of drug-likeness (QED) is 0.481. The van der Waals surface area contributed by atoms with E-state index in [4.69, 9.17) is 4.74 Å². The predicted molar refractivity (Wildman–Crippen MR) is 154 cm³/mol. The fraction of sp³-hybridized carbons (Fsp3) is 0.600. The number of nitrogens with zero attached hydrogens (tertiary/aromatic N) is 3. The van der Waals surface area contributed by atoms with Gasteiger partial charge in [-0.25, -0.2) is 22.4 Å². The molecule has 1 aliphatic carbocycles. The van der Waals surface area contributed by atoms with E-state index in [9.17, 15) is 37.1 Å². The van der Waals surface area contributed by atoms with E-state index in [-0.39, 0.29) is 51.2 Å². The van der Waals surface area contributed by atoms with Gasteiger partial charge in [-0.1, -0.05) is 37.1 Å². The lowest BCUT2D eigenvalue weighted by Gasteiger charge is -2.32. The van der Waals surface area contributed by atoms with E-state index in [1.54, 1.807) is 12.1 Å². The molecule has 4 heterocycles. The number of carboxylic acid groups (broad SMARTS) is 1. The Bertz CT molecular complexity index is 1500. The summed E-state index contributed by atoms with van der Waals surface area (Å²) in [6, 6.07) is 2.42. The number of aliphatic carboxylic acids is 1. The number of ether oxygens (including phenoxy) is 1. The Morgan fingerprint density at radius 1 is 1.09 bits per heavy atom. The van der Waals surface area contributed by atoms with Gasteiger partial charge < -0.3 is 20.1 Å². The molecule has 3 fully saturated rings. The second kappa shape index (κ2) is 11.8. The zero-order valence-electron chi connectivity index (χ0n) is 24.3. The van der Waals surface area contributed by atoms with Gasteiger partial charge in [-0.05, 0) is 43.7 Å². The number of carbonyl (C=O) groups excluding carboxylic acids is 3. The van der Waals surface area contributed by atoms with Crippen molar-refractivity contribution in [2.24, 2.45) is 5.92 Å². The molecule has 238 valence electrons. The number of carbonyl (C=O) groups is 4. The maximum atomic E-state index is 14.3. The molecule has 2 saturated heterocycles. The number of benzene rings is 1. The highest BCUT2D eigenvalue weighted by molar-refractivity contribution is 7.89. The van der Waals surface area contributed by atoms with Crippen LogP contribution in [0.15, 0.2) is 30.4 Å². The van der Waals surface area contributed by atoms with Crippen LogP contribution in [0, 0.1) is 11.7 Å². The molecule has 12 nitrogen and oxygen atoms in total. The molecule has 0 bridgehead atoms. The van der Waals surface area contributed by atoms with Crippen LogP contribution < -0.4 is 5.32 Å². The minimum Gasteiger partial charge on any atom is -0.479 e. The summed E-state index contributed by atoms with van der Waals surface area (Å²) < 4.78 is 47.1. The van der Waals surface area contributed by atoms with Crippen molar-refractivity contribution in [2.45, 2.75) is 88.2 Å². The van der Waals surface area contributed by atoms with Crippen molar-refractivity contribution >= 4 is 33.9 Å². The first kappa shape index (κ1) is 30.5. The van der Waals surface area contributed by atoms with Crippen molar-refractivity contribution in [1.29, 1.82) is 0 Å². The molecule has 0 radical (unpaired) electrons. The molecule has 2 N–H and O–H groups in total. The number of sulfonamides is 1. The molecule has 0 spiro atoms. The molecule has 0 aromatic heterocycles. The van der Waals surface area contributed by atoms with Crippen LogP contribution in [0.4, 0.5) is 9.18 Å². The van der Waals surface area contributed by atoms with Crippen LogP contribution in [0.25, 0.3) is 0 Å². The summed E-state index contributed by atoms with van der Waals surface area (Å²) in [5.41, 5.74) is -0.433. The summed E-state index contributed by atoms with van der Waals surface area (Å²) in [5, 5.41) is 12.7. The SMILES string of the molecule is O=C1N[C@]2(C(=O)O)C[C@H]2/C=C\CCCCC[C@H](N2CCCS2(=O)=O)C(=O)N2C[C@H](OC(=O)N3Cc4cccc(F)c4C3)C[C@@H]12. The van der Waals surface area contributed by atoms with Crippen LogP contribution in [0.1, 0.15) is 62.5 Å². The first-order chi connectivity index (χ1) is 21.0. The van der Waals surface area contributed by atoms with E-state index in [1.165, 1.54) is 20.2 Å². The lowest BCUT2D eigenvalue weighted by molar-refractivity contribution is -0.146. The molecule has 5 atom stereocenters. The van der Waals surface area contributed by atoms with E-state index in [0.29, 0.717) is 30.4 Å². The molecule has 6 rings (SSSR count). The maximum Gasteiger partial charge on any atom is 0.410 e. The van der Waals surface area contributed by atoms with Crippen molar-refractivity contribution in [3.8, 4) is 0 Å². The van der Waals surface area contributed by atoms with Gasteiger partial charge >= 0.3 is 12.1 Å². The van der Waals surface area contributed by atoms with Gasteiger partial charge in [0.1, 0.15) is 29.5 Å². The Balaban J connectivity index is 1.26. The zero-order valence-corrected chi connectivity index (χ0v) is 25.1. The Morgan fingerprint density at radius 2 is 1.91 bits per heavy atom. The summed E-state index contributed by atoms with van der Waals surface area (Å²) >= 11 is 0. The van der Waals surface area contributed by atoms with Crippen molar-refractivity contribution < 1.29 is 41.8 Å². The number of halogens is 1. The lowest BCUT2D eigenvalue weighted by Crippen LogP contribution is -2.56. The third-order valence-corrected chi connectivity index (χ3v) is 11.5. The Kier molecular flexibility index (Phi) is 8.16. The largest absolute Gasteiger partial charge is 0.479 e. The van der Waals surface area contributed by atoms with Crippen LogP contribution in [-0.4, -0.2) is 94.1 Å². The summed E-state index contributed by atoms with van der Waals surface area (Å²) in [6.07, 6.45) is 5.70. The van der Waals surface area contributed by atoms with Gasteiger partial charge in [0.05, 0.1) is 18.8 Å². The normalized spacial score (nSPS) is 32.9. The van der Waals surface area contributed by atoms with Crippen LogP contribution in [0.2, 0.25) is 0 Å². The average Bonchev–Trinajstić information content (AvgIpc) is 3.29. The number of hydrogen-bond acceptors (Lipinski definition) is 7. The summed E-state index contributed by atoms with van der Waals surface area (Å²) in [7, 11) is -3.67. The third-order valence-electron chi connectivity index (χ3n) is 9.53. The standard InChI is InChI=1S/C30H37FN4O8S/c31-23-10-6-8-19-16-33(18-22(19)23)29(40)43-21-14-25-26(36)32-30(28(38)39)15-20(30)9-4-2-1-3-5-11-24(27(37)34(25)17-21)35-12-7-13-44(35,41)42/h4,6,8-10,20-21,24-25H,1-3,5,7,11-18H2,(H,32,36)(H,38,39)/b9-4-/t20-,21-,24+,25+,30-/m1/s1. The van der Waals surface area contributed by atoms with E-state index in [0.717, 1.165) is 12.8 Å². The monoisotopic (exact) mass is 632 g/mol. The molecule has 1 aromatic rings. The molecule has 1 saturated carbocycles. The van der Waals surface area contributed by atoms with Gasteiger partial charge in [0.25, 0.3) is 0 Å². The fourth-order valence-electron chi connectivity index (χ4n) is 7.00. The second-order valence-corrected chi connectivity index (χ2v) is 14.5. The highest BCUT2D eigenvalue weighted by atomic mass is 32.2. The molecule has 0 unspecified atom stereocenters. The van der Waals surface area contributed by atoms with Crippen molar-refractivity contribution in [1.82, 2.24) is 19.4 Å². The molecule has 14 heteroatoms. The predicted octanol–water partition coefficient (Wildman–Crippen LogP) is 2.13. The Labute approximate surface area is 255 Å². The Hall–Kier alpha value is -3.52. The number of hydrogen-bond donors (Lipinski definition) is 2. The smallest absolute Gasteiger partial charge is 0.410 e. The lowest BCUT2D eigenvalue weighted by atomic mass is 10.0. The van der Waals surface area contributed by atoms with Gasteiger partial charge in [0, 0.05) is 31.0 Å². The first-order valence-corrected chi connectivity index (χ1v) is 16.8. The molecule has 1 aromatic carbocycles. The molecule has 5 aliphatic rings. The first-order valence-electron chi connectivity index (χ1n) is 15.2. The molecule has 3 amide bonds. The molecule has 4 aliphatic heterocycles. The third kappa shape index (κ3) is 5.69. The van der Waals surface area contributed by atoms with Crippen molar-refractivity contribution in [3.05, 3.63) is 47.3 Å². The minimum absolute atomic E-state index is 0.0189. The van der Waals surface area contributed by atoms with Gasteiger partial charge in [0.2, 0.25) is 21.8 Å². The maximum absolute atomic E-state index is 14.3. The summed E-state index contributed by atoms with van der Waals surface area (Å²) in [6.45, 7) is 0.202. The van der Waals surface area contributed by atoms with E-state index >= 15 is 0 Å². The Morgan fingerprint density at radius 3 is 2.64 bits per heavy atom. The number of fused-ring (bicyclic) bond motifs is 3. The molecular formula is C30H37FN4O8S. The highest BCUT2D eigenvalue weighted by Crippen LogP contribution is 2.45. The molecule has 44 heavy (non-hydrogen) atoms. The highest BCUT2D eigenvalue weighted by Gasteiger charge is 2.61. The molecular weight excluding hydrogens is 595 g/mol. The minimum atomic E-state index is -3.67. The van der Waals surface area contributed by atoms with Crippen molar-refractivity contribution in [3.63, 3.8) is 0 Å². The number of nitrogens with one attached hydrogen (secondary N) is 1. The van der Waals surface area contributed by atoms with E-state index in [2.05, 4.69) is 5.32 Å². The number of carboxylic acids is 1. The van der Waals surface area contributed by atoms with Crippen LogP contribution >= 0.6 is 0 Å². The van der Waals surface area contributed by atoms with Gasteiger partial charge in [-0.2, -0.15) is 4.31 Å². The van der Waals surface area contributed by atoms with E-state index in [1.807, 2.05) is 12.2 Å². The topological polar surface area (TPSA) is 154 Å².